The van der Waals surface area contributed by atoms with Crippen LogP contribution in [0.5, 0.6) is 0 Å². The fourth-order valence-electron chi connectivity index (χ4n) is 2.14. The summed E-state index contributed by atoms with van der Waals surface area (Å²) in [6.07, 6.45) is 1.77. The average molecular weight is 286 g/mol. The van der Waals surface area contributed by atoms with Gasteiger partial charge in [0.25, 0.3) is 5.91 Å². The highest BCUT2D eigenvalue weighted by atomic mass is 16.4. The predicted molar refractivity (Wildman–Crippen MR) is 82.9 cm³/mol. The van der Waals surface area contributed by atoms with Gasteiger partial charge in [-0.25, -0.2) is 0 Å². The molecule has 0 aliphatic heterocycles. The highest BCUT2D eigenvalue weighted by Crippen LogP contribution is 2.15. The molecule has 1 heterocycles. The van der Waals surface area contributed by atoms with E-state index < -0.39 is 0 Å². The normalized spacial score (nSPS) is 11.4. The molecular weight excluding hydrogens is 264 g/mol. The Balaban J connectivity index is 1.92. The Hall–Kier alpha value is -2.07. The highest BCUT2D eigenvalue weighted by molar-refractivity contribution is 5.91. The number of carbonyl (C=O) groups is 1. The molecule has 1 aromatic carbocycles. The van der Waals surface area contributed by atoms with Gasteiger partial charge in [0.15, 0.2) is 5.76 Å². The highest BCUT2D eigenvalue weighted by Gasteiger charge is 2.22. The molecule has 0 unspecified atom stereocenters. The molecule has 0 bridgehead atoms. The van der Waals surface area contributed by atoms with Crippen LogP contribution in [0.2, 0.25) is 0 Å². The van der Waals surface area contributed by atoms with Crippen LogP contribution in [0.25, 0.3) is 0 Å². The van der Waals surface area contributed by atoms with Crippen LogP contribution in [0.15, 0.2) is 46.9 Å². The zero-order valence-corrected chi connectivity index (χ0v) is 12.6. The number of nitrogens with two attached hydrogens (primary N) is 1. The van der Waals surface area contributed by atoms with Gasteiger partial charge in [0, 0.05) is 5.54 Å². The second-order valence-corrected chi connectivity index (χ2v) is 5.79. The van der Waals surface area contributed by atoms with Crippen molar-refractivity contribution in [3.63, 3.8) is 0 Å². The molecule has 1 amide bonds. The van der Waals surface area contributed by atoms with Crippen LogP contribution in [0, 0.1) is 0 Å². The van der Waals surface area contributed by atoms with Gasteiger partial charge in [-0.3, -0.25) is 4.79 Å². The van der Waals surface area contributed by atoms with Gasteiger partial charge in [-0.15, -0.1) is 0 Å². The Kier molecular flexibility index (Phi) is 4.81. The van der Waals surface area contributed by atoms with E-state index in [9.17, 15) is 4.79 Å². The summed E-state index contributed by atoms with van der Waals surface area (Å²) in [6, 6.07) is 13.6. The molecule has 0 radical (unpaired) electrons. The van der Waals surface area contributed by atoms with E-state index in [4.69, 9.17) is 10.2 Å². The standard InChI is InChI=1S/C17H22N2O2/c1-17(2,11-10-13-6-4-3-5-7-13)19-16(20)15-9-8-14(12-18)21-15/h3-9H,10-12,18H2,1-2H3,(H,19,20). The Bertz CT molecular complexity index is 588. The van der Waals surface area contributed by atoms with Crippen molar-refractivity contribution in [2.75, 3.05) is 0 Å². The minimum absolute atomic E-state index is 0.201. The van der Waals surface area contributed by atoms with Gasteiger partial charge in [-0.2, -0.15) is 0 Å². The molecule has 4 nitrogen and oxygen atoms in total. The number of benzene rings is 1. The minimum atomic E-state index is -0.303. The lowest BCUT2D eigenvalue weighted by atomic mass is 9.95. The molecule has 4 heteroatoms. The van der Waals surface area contributed by atoms with E-state index >= 15 is 0 Å². The molecule has 21 heavy (non-hydrogen) atoms. The van der Waals surface area contributed by atoms with E-state index in [1.54, 1.807) is 12.1 Å². The second kappa shape index (κ2) is 6.59. The van der Waals surface area contributed by atoms with E-state index in [-0.39, 0.29) is 11.4 Å². The fraction of sp³-hybridized carbons (Fsp3) is 0.353. The number of hydrogen-bond donors (Lipinski definition) is 2. The first-order chi connectivity index (χ1) is 10.00. The van der Waals surface area contributed by atoms with Crippen LogP contribution in [-0.4, -0.2) is 11.4 Å². The quantitative estimate of drug-likeness (QED) is 0.858. The third kappa shape index (κ3) is 4.46. The maximum atomic E-state index is 12.2. The third-order valence-electron chi connectivity index (χ3n) is 3.42. The van der Waals surface area contributed by atoms with Crippen LogP contribution in [0.4, 0.5) is 0 Å². The number of rotatable bonds is 6. The van der Waals surface area contributed by atoms with E-state index in [1.807, 2.05) is 32.0 Å². The first-order valence-electron chi connectivity index (χ1n) is 7.15. The minimum Gasteiger partial charge on any atom is -0.455 e. The van der Waals surface area contributed by atoms with Crippen molar-refractivity contribution in [3.05, 3.63) is 59.5 Å². The van der Waals surface area contributed by atoms with Gasteiger partial charge >= 0.3 is 0 Å². The zero-order chi connectivity index (χ0) is 15.3. The van der Waals surface area contributed by atoms with Gasteiger partial charge in [-0.05, 0) is 44.4 Å². The Morgan fingerprint density at radius 1 is 1.19 bits per heavy atom. The Morgan fingerprint density at radius 3 is 2.52 bits per heavy atom. The van der Waals surface area contributed by atoms with Gasteiger partial charge in [-0.1, -0.05) is 30.3 Å². The van der Waals surface area contributed by atoms with E-state index in [0.717, 1.165) is 12.8 Å². The van der Waals surface area contributed by atoms with E-state index in [2.05, 4.69) is 17.4 Å². The van der Waals surface area contributed by atoms with Crippen LogP contribution in [0.3, 0.4) is 0 Å². The van der Waals surface area contributed by atoms with E-state index in [0.29, 0.717) is 18.1 Å². The topological polar surface area (TPSA) is 68.3 Å². The predicted octanol–water partition coefficient (Wildman–Crippen LogP) is 2.88. The van der Waals surface area contributed by atoms with Gasteiger partial charge < -0.3 is 15.5 Å². The summed E-state index contributed by atoms with van der Waals surface area (Å²) in [7, 11) is 0. The molecule has 0 fully saturated rings. The number of nitrogens with one attached hydrogen (secondary N) is 1. The van der Waals surface area contributed by atoms with Gasteiger partial charge in [0.1, 0.15) is 5.76 Å². The van der Waals surface area contributed by atoms with Crippen molar-refractivity contribution in [1.82, 2.24) is 5.32 Å². The van der Waals surface area contributed by atoms with Crippen LogP contribution >= 0.6 is 0 Å². The largest absolute Gasteiger partial charge is 0.455 e. The number of furan rings is 1. The van der Waals surface area contributed by atoms with Crippen LogP contribution in [0.1, 0.15) is 42.1 Å². The molecule has 3 N–H and O–H groups in total. The summed E-state index contributed by atoms with van der Waals surface area (Å²) in [4.78, 5) is 12.2. The molecule has 0 aliphatic rings. The monoisotopic (exact) mass is 286 g/mol. The SMILES string of the molecule is CC(C)(CCc1ccccc1)NC(=O)c1ccc(CN)o1. The lowest BCUT2D eigenvalue weighted by molar-refractivity contribution is 0.0879. The summed E-state index contributed by atoms with van der Waals surface area (Å²) >= 11 is 0. The summed E-state index contributed by atoms with van der Waals surface area (Å²) in [5.74, 6) is 0.721. The maximum absolute atomic E-state index is 12.2. The van der Waals surface area contributed by atoms with E-state index in [1.165, 1.54) is 5.56 Å². The van der Waals surface area contributed by atoms with Crippen molar-refractivity contribution in [2.45, 2.75) is 38.8 Å². The lowest BCUT2D eigenvalue weighted by Gasteiger charge is -2.25. The summed E-state index contributed by atoms with van der Waals surface area (Å²) < 4.78 is 5.37. The molecule has 2 aromatic rings. The smallest absolute Gasteiger partial charge is 0.287 e. The van der Waals surface area contributed by atoms with Crippen molar-refractivity contribution in [3.8, 4) is 0 Å². The van der Waals surface area contributed by atoms with Gasteiger partial charge in [0.05, 0.1) is 6.54 Å². The molecule has 0 atom stereocenters. The molecular formula is C17H22N2O2. The summed E-state index contributed by atoms with van der Waals surface area (Å²) in [5, 5.41) is 3.01. The first-order valence-corrected chi connectivity index (χ1v) is 7.15. The first kappa shape index (κ1) is 15.3. The number of aryl methyl sites for hydroxylation is 1. The Labute approximate surface area is 125 Å². The molecule has 0 saturated heterocycles. The summed E-state index contributed by atoms with van der Waals surface area (Å²) in [5.41, 5.74) is 6.44. The molecule has 0 aliphatic carbocycles. The molecule has 112 valence electrons. The number of hydrogen-bond acceptors (Lipinski definition) is 3. The zero-order valence-electron chi connectivity index (χ0n) is 12.6. The average Bonchev–Trinajstić information content (AvgIpc) is 2.95. The molecule has 0 spiro atoms. The van der Waals surface area contributed by atoms with Crippen molar-refractivity contribution < 1.29 is 9.21 Å². The van der Waals surface area contributed by atoms with Crippen molar-refractivity contribution in [1.29, 1.82) is 0 Å². The maximum Gasteiger partial charge on any atom is 0.287 e. The molecule has 2 rings (SSSR count). The third-order valence-corrected chi connectivity index (χ3v) is 3.42. The lowest BCUT2D eigenvalue weighted by Crippen LogP contribution is -2.43. The number of amides is 1. The molecule has 1 aromatic heterocycles. The van der Waals surface area contributed by atoms with Gasteiger partial charge in [0.2, 0.25) is 0 Å². The van der Waals surface area contributed by atoms with Crippen molar-refractivity contribution >= 4 is 5.91 Å². The fourth-order valence-corrected chi connectivity index (χ4v) is 2.14. The Morgan fingerprint density at radius 2 is 1.90 bits per heavy atom. The van der Waals surface area contributed by atoms with Crippen LogP contribution < -0.4 is 11.1 Å². The second-order valence-electron chi connectivity index (χ2n) is 5.79. The summed E-state index contributed by atoms with van der Waals surface area (Å²) in [6.45, 7) is 4.33. The van der Waals surface area contributed by atoms with Crippen LogP contribution in [-0.2, 0) is 13.0 Å². The number of carbonyl (C=O) groups excluding carboxylic acids is 1. The molecule has 0 saturated carbocycles. The van der Waals surface area contributed by atoms with Crippen molar-refractivity contribution in [2.24, 2.45) is 5.73 Å².